The van der Waals surface area contributed by atoms with E-state index in [2.05, 4.69) is 78.6 Å². The number of hydrogen-bond acceptors (Lipinski definition) is 10. The zero-order chi connectivity index (χ0) is 75.9. The second-order valence-corrected chi connectivity index (χ2v) is 34.7. The highest BCUT2D eigenvalue weighted by Crippen LogP contribution is 2.54. The van der Waals surface area contributed by atoms with Gasteiger partial charge in [0.05, 0.1) is 43.5 Å². The Labute approximate surface area is 630 Å². The van der Waals surface area contributed by atoms with E-state index in [9.17, 15) is 49.1 Å². The normalized spacial score (nSPS) is 19.2. The fraction of sp³-hybridized carbons (Fsp3) is 0.400. The molecule has 3 fully saturated rings. The lowest BCUT2D eigenvalue weighted by molar-refractivity contribution is 0.0519. The van der Waals surface area contributed by atoms with E-state index in [1.54, 1.807) is 42.7 Å². The average Bonchev–Trinajstić information content (AvgIpc) is 1.61. The summed E-state index contributed by atoms with van der Waals surface area (Å²) in [5.41, 5.74) is 16.7. The van der Waals surface area contributed by atoms with Crippen LogP contribution in [0.4, 0.5) is 26.3 Å². The van der Waals surface area contributed by atoms with Gasteiger partial charge in [-0.2, -0.15) is 15.3 Å². The molecule has 0 unspecified atom stereocenters. The predicted molar refractivity (Wildman–Crippen MR) is 403 cm³/mol. The Morgan fingerprint density at radius 2 is 0.794 bits per heavy atom. The molecule has 3 aliphatic heterocycles. The maximum absolute atomic E-state index is 14.3. The standard InChI is InChI=1S/C28H32F2N4O2S.C24H24F2N4O.C17H26N2OS.C11H8F2N2O2.ClH/c1-18-15-23(31-34(18)24-10-9-20(29)16-22(24)30)26(35)33-13-11-28(12-14-33)17-19-7-5-6-8-21(19)25(28)32-37(36)27(2,3)4;1-15-12-20(28-30(15)21-7-6-17(25)13-19(21)26)23(31)29-10-8-24(9-11-29)14-16-4-2-3-5-18(16)22(24)27;1-16(2,3)21(20)19-15-14-7-5-4-6-13(14)12-17(15)8-10-18-11-9-17;1-6-4-9(11(16)17)14-15(6)10-3-2-7(12)5-8(10)13;/h5-10,15-16,25,32H,11-14,17H2,1-4H3;2-7,12-13,22H,8-11,14,27H2,1H3;4-7,15,18-19H,8-12H2,1-3H3;2-5H,1H3,(H,16,17);1H/t25-,37-;22-;15-,21-;;/m111../s1. The molecule has 15 rings (SSSR count). The maximum atomic E-state index is 14.3. The molecule has 2 amide bonds. The summed E-state index contributed by atoms with van der Waals surface area (Å²) in [6.45, 7) is 21.5. The van der Waals surface area contributed by atoms with Gasteiger partial charge in [-0.15, -0.1) is 12.4 Å². The van der Waals surface area contributed by atoms with Crippen molar-refractivity contribution < 1.29 is 54.3 Å². The number of fused-ring (bicyclic) bond motifs is 3. The van der Waals surface area contributed by atoms with E-state index in [-0.39, 0.29) is 97.5 Å². The van der Waals surface area contributed by atoms with Gasteiger partial charge in [-0.1, -0.05) is 72.8 Å². The summed E-state index contributed by atoms with van der Waals surface area (Å²) in [6.07, 6.45) is 8.44. The van der Waals surface area contributed by atoms with Crippen LogP contribution in [0, 0.1) is 71.9 Å². The van der Waals surface area contributed by atoms with E-state index in [0.29, 0.717) is 43.3 Å². The molecule has 0 saturated carbocycles. The number of benzene rings is 6. The molecule has 9 aromatic rings. The lowest BCUT2D eigenvalue weighted by Crippen LogP contribution is -2.49. The topological polar surface area (TPSA) is 228 Å². The highest BCUT2D eigenvalue weighted by Gasteiger charge is 2.51. The van der Waals surface area contributed by atoms with Crippen molar-refractivity contribution in [3.8, 4) is 17.1 Å². The zero-order valence-corrected chi connectivity index (χ0v) is 63.8. The summed E-state index contributed by atoms with van der Waals surface area (Å²) >= 11 is 0. The number of carbonyl (C=O) groups excluding carboxylic acids is 2. The van der Waals surface area contributed by atoms with Crippen LogP contribution in [0.1, 0.15) is 180 Å². The Morgan fingerprint density at radius 1 is 0.477 bits per heavy atom. The Hall–Kier alpha value is -8.63. The number of carbonyl (C=O) groups is 3. The molecule has 6 N–H and O–H groups in total. The maximum Gasteiger partial charge on any atom is 0.356 e. The van der Waals surface area contributed by atoms with Gasteiger partial charge >= 0.3 is 5.97 Å². The van der Waals surface area contributed by atoms with Gasteiger partial charge in [0.15, 0.2) is 34.5 Å². The Kier molecular flexibility index (Phi) is 23.7. The summed E-state index contributed by atoms with van der Waals surface area (Å²) in [5.74, 6) is -5.87. The van der Waals surface area contributed by atoms with Crippen molar-refractivity contribution >= 4 is 52.2 Å². The van der Waals surface area contributed by atoms with Gasteiger partial charge in [0.2, 0.25) is 0 Å². The number of carboxylic acids is 1. The van der Waals surface area contributed by atoms with Crippen molar-refractivity contribution in [2.45, 2.75) is 148 Å². The fourth-order valence-electron chi connectivity index (χ4n) is 15.7. The number of aromatic carboxylic acids is 1. The number of piperidine rings is 3. The third-order valence-corrected chi connectivity index (χ3v) is 24.7. The molecule has 0 bridgehead atoms. The molecule has 18 nitrogen and oxygen atoms in total. The van der Waals surface area contributed by atoms with Crippen molar-refractivity contribution in [1.82, 2.24) is 53.9 Å². The van der Waals surface area contributed by atoms with Crippen LogP contribution in [0.15, 0.2) is 146 Å². The molecule has 5 atom stereocenters. The zero-order valence-electron chi connectivity index (χ0n) is 61.3. The quantitative estimate of drug-likeness (QED) is 0.0809. The number of rotatable bonds is 10. The third-order valence-electron chi connectivity index (χ3n) is 21.6. The van der Waals surface area contributed by atoms with Gasteiger partial charge in [0.1, 0.15) is 34.5 Å². The molecule has 6 heterocycles. The number of amides is 2. The molecule has 107 heavy (non-hydrogen) atoms. The first-order valence-corrected chi connectivity index (χ1v) is 38.0. The van der Waals surface area contributed by atoms with Crippen LogP contribution in [0.25, 0.3) is 17.1 Å². The van der Waals surface area contributed by atoms with Crippen LogP contribution < -0.4 is 20.5 Å². The average molecular weight is 1530 g/mol. The number of carboxylic acid groups (broad SMARTS) is 1. The molecular formula is C80H91ClF6N12O6S2. The van der Waals surface area contributed by atoms with Crippen LogP contribution in [0.2, 0.25) is 0 Å². The summed E-state index contributed by atoms with van der Waals surface area (Å²) in [4.78, 5) is 40.8. The van der Waals surface area contributed by atoms with E-state index >= 15 is 0 Å². The number of hydrogen-bond donors (Lipinski definition) is 5. The number of likely N-dealkylation sites (tertiary alicyclic amines) is 2. The van der Waals surface area contributed by atoms with Crippen LogP contribution in [-0.4, -0.2) is 119 Å². The number of nitrogens with two attached hydrogens (primary N) is 1. The predicted octanol–water partition coefficient (Wildman–Crippen LogP) is 14.3. The van der Waals surface area contributed by atoms with Crippen molar-refractivity contribution in [3.05, 3.63) is 248 Å². The molecule has 3 aromatic heterocycles. The van der Waals surface area contributed by atoms with Gasteiger partial charge in [0.25, 0.3) is 11.8 Å². The molecule has 6 aliphatic rings. The van der Waals surface area contributed by atoms with E-state index in [4.69, 9.17) is 10.8 Å². The largest absolute Gasteiger partial charge is 0.476 e. The number of halogens is 7. The lowest BCUT2D eigenvalue weighted by Gasteiger charge is -2.43. The molecule has 6 aromatic carbocycles. The minimum Gasteiger partial charge on any atom is -0.476 e. The third kappa shape index (κ3) is 16.7. The number of nitrogens with one attached hydrogen (secondary N) is 3. The SMILES string of the molecule is CC(C)(C)[S@@](=O)N[C@@H]1c2ccccc2CC12CCNCC2.Cc1cc(C(=O)N2CCC3(CC2)Cc2ccccc2[C@H]3N)nn1-c1ccc(F)cc1F.Cc1cc(C(=O)N2CCC3(CC2)Cc2ccccc2[C@H]3N[S@](=O)C(C)(C)C)nn1-c1ccc(F)cc1F.Cc1cc(C(=O)O)nn1-c1ccc(F)cc1F.Cl. The highest BCUT2D eigenvalue weighted by atomic mass is 35.5. The Morgan fingerprint density at radius 3 is 1.14 bits per heavy atom. The highest BCUT2D eigenvalue weighted by molar-refractivity contribution is 7.84. The first-order valence-electron chi connectivity index (χ1n) is 35.7. The first-order chi connectivity index (χ1) is 50.3. The van der Waals surface area contributed by atoms with E-state index in [1.165, 1.54) is 79.1 Å². The second kappa shape index (κ2) is 31.9. The van der Waals surface area contributed by atoms with E-state index in [0.717, 1.165) is 99.8 Å². The summed E-state index contributed by atoms with van der Waals surface area (Å²) < 4.78 is 117. The van der Waals surface area contributed by atoms with Gasteiger partial charge < -0.3 is 26.0 Å². The smallest absolute Gasteiger partial charge is 0.356 e. The monoisotopic (exact) mass is 1530 g/mol. The van der Waals surface area contributed by atoms with Gasteiger partial charge in [-0.3, -0.25) is 9.59 Å². The summed E-state index contributed by atoms with van der Waals surface area (Å²) in [6, 6.07) is 39.7. The molecule has 3 aliphatic carbocycles. The Bertz CT molecular complexity index is 4840. The van der Waals surface area contributed by atoms with Crippen LogP contribution in [0.5, 0.6) is 0 Å². The van der Waals surface area contributed by atoms with E-state index in [1.807, 2.05) is 65.8 Å². The molecule has 0 radical (unpaired) electrons. The van der Waals surface area contributed by atoms with Crippen LogP contribution in [-0.2, 0) is 41.2 Å². The van der Waals surface area contributed by atoms with Gasteiger partial charge in [-0.05, 0) is 237 Å². The molecule has 3 spiro atoms. The van der Waals surface area contributed by atoms with Crippen molar-refractivity contribution in [2.75, 3.05) is 39.3 Å². The molecular weight excluding hydrogens is 1440 g/mol. The minimum absolute atomic E-state index is 0. The molecule has 3 saturated heterocycles. The van der Waals surface area contributed by atoms with Gasteiger partial charge in [-0.25, -0.2) is 63.0 Å². The fourth-order valence-corrected chi connectivity index (χ4v) is 17.6. The van der Waals surface area contributed by atoms with Crippen LogP contribution >= 0.6 is 12.4 Å². The summed E-state index contributed by atoms with van der Waals surface area (Å²) in [7, 11) is -2.26. The Balaban J connectivity index is 0.000000148. The summed E-state index contributed by atoms with van der Waals surface area (Å²) in [5, 5.41) is 24.6. The molecule has 568 valence electrons. The van der Waals surface area contributed by atoms with Gasteiger partial charge in [0, 0.05) is 67.5 Å². The van der Waals surface area contributed by atoms with E-state index < -0.39 is 67.6 Å². The lowest BCUT2D eigenvalue weighted by atomic mass is 9.73. The van der Waals surface area contributed by atoms with Crippen molar-refractivity contribution in [3.63, 3.8) is 0 Å². The van der Waals surface area contributed by atoms with Crippen molar-refractivity contribution in [2.24, 2.45) is 22.0 Å². The van der Waals surface area contributed by atoms with Crippen molar-refractivity contribution in [1.29, 1.82) is 0 Å². The van der Waals surface area contributed by atoms with Crippen LogP contribution in [0.3, 0.4) is 0 Å². The first kappa shape index (κ1) is 79.4. The number of aromatic nitrogens is 6. The minimum atomic E-state index is -1.23. The number of aryl methyl sites for hydroxylation is 3. The number of nitrogens with zero attached hydrogens (tertiary/aromatic N) is 8. The second-order valence-electron chi connectivity index (χ2n) is 30.7. The molecule has 27 heteroatoms.